The number of nitriles is 1. The summed E-state index contributed by atoms with van der Waals surface area (Å²) in [6.07, 6.45) is 0. The van der Waals surface area contributed by atoms with E-state index in [-0.39, 0.29) is 11.3 Å². The maximum absolute atomic E-state index is 11.7. The number of nitrogens with one attached hydrogen (secondary N) is 1. The highest BCUT2D eigenvalue weighted by Gasteiger charge is 2.10. The number of carbonyl (C=O) groups excluding carboxylic acids is 2. The Bertz CT molecular complexity index is 733. The molecular weight excluding hydrogens is 284 g/mol. The fourth-order valence-electron chi connectivity index (χ4n) is 1.68. The average molecular weight is 296 g/mol. The molecule has 0 aliphatic heterocycles. The molecule has 0 heterocycles. The van der Waals surface area contributed by atoms with Crippen molar-refractivity contribution in [2.75, 3.05) is 11.9 Å². The summed E-state index contributed by atoms with van der Waals surface area (Å²) in [6.45, 7) is -0.448. The Morgan fingerprint density at radius 3 is 2.59 bits per heavy atom. The van der Waals surface area contributed by atoms with E-state index in [4.69, 9.17) is 15.1 Å². The number of amides is 1. The van der Waals surface area contributed by atoms with E-state index in [2.05, 4.69) is 5.32 Å². The normalized spacial score (nSPS) is 9.59. The molecule has 0 bridgehead atoms. The number of rotatable bonds is 4. The van der Waals surface area contributed by atoms with Gasteiger partial charge in [-0.2, -0.15) is 5.26 Å². The van der Waals surface area contributed by atoms with Gasteiger partial charge < -0.3 is 15.2 Å². The van der Waals surface area contributed by atoms with Crippen LogP contribution in [-0.2, 0) is 9.53 Å². The van der Waals surface area contributed by atoms with Crippen molar-refractivity contribution < 1.29 is 19.4 Å². The van der Waals surface area contributed by atoms with Crippen molar-refractivity contribution in [3.05, 3.63) is 59.7 Å². The molecule has 0 aliphatic carbocycles. The molecule has 0 radical (unpaired) electrons. The SMILES string of the molecule is N#Cc1cccc(NC(=O)COC(=O)c2ccc(O)cc2)c1. The van der Waals surface area contributed by atoms with Gasteiger partial charge in [0.15, 0.2) is 6.61 Å². The van der Waals surface area contributed by atoms with Crippen LogP contribution in [0.4, 0.5) is 5.69 Å². The van der Waals surface area contributed by atoms with Crippen molar-refractivity contribution in [1.29, 1.82) is 5.26 Å². The molecule has 0 unspecified atom stereocenters. The number of esters is 1. The minimum absolute atomic E-state index is 0.0340. The van der Waals surface area contributed by atoms with Gasteiger partial charge in [-0.15, -0.1) is 0 Å². The van der Waals surface area contributed by atoms with Crippen molar-refractivity contribution in [1.82, 2.24) is 0 Å². The van der Waals surface area contributed by atoms with Gasteiger partial charge in [0.2, 0.25) is 0 Å². The first-order valence-corrected chi connectivity index (χ1v) is 6.34. The topological polar surface area (TPSA) is 99.4 Å². The molecule has 2 aromatic rings. The van der Waals surface area contributed by atoms with Crippen LogP contribution in [0.1, 0.15) is 15.9 Å². The Kier molecular flexibility index (Phi) is 4.73. The molecule has 0 saturated heterocycles. The molecule has 0 spiro atoms. The fraction of sp³-hybridized carbons (Fsp3) is 0.0625. The van der Waals surface area contributed by atoms with E-state index in [1.807, 2.05) is 6.07 Å². The number of hydrogen-bond acceptors (Lipinski definition) is 5. The molecule has 2 N–H and O–H groups in total. The molecule has 1 amide bonds. The van der Waals surface area contributed by atoms with Crippen LogP contribution in [0.15, 0.2) is 48.5 Å². The Hall–Kier alpha value is -3.33. The van der Waals surface area contributed by atoms with Crippen molar-refractivity contribution >= 4 is 17.6 Å². The summed E-state index contributed by atoms with van der Waals surface area (Å²) < 4.78 is 4.86. The van der Waals surface area contributed by atoms with Crippen molar-refractivity contribution in [2.45, 2.75) is 0 Å². The lowest BCUT2D eigenvalue weighted by Gasteiger charge is -2.07. The summed E-state index contributed by atoms with van der Waals surface area (Å²) in [6, 6.07) is 13.8. The largest absolute Gasteiger partial charge is 0.508 e. The third-order valence-corrected chi connectivity index (χ3v) is 2.71. The van der Waals surface area contributed by atoms with Crippen LogP contribution in [0.3, 0.4) is 0 Å². The monoisotopic (exact) mass is 296 g/mol. The van der Waals surface area contributed by atoms with Gasteiger partial charge in [-0.25, -0.2) is 4.79 Å². The number of carbonyl (C=O) groups is 2. The van der Waals surface area contributed by atoms with E-state index in [1.165, 1.54) is 30.3 Å². The smallest absolute Gasteiger partial charge is 0.338 e. The molecule has 6 heteroatoms. The second-order valence-electron chi connectivity index (χ2n) is 4.36. The van der Waals surface area contributed by atoms with Crippen LogP contribution in [-0.4, -0.2) is 23.6 Å². The van der Waals surface area contributed by atoms with Crippen LogP contribution in [0, 0.1) is 11.3 Å². The van der Waals surface area contributed by atoms with Gasteiger partial charge in [0, 0.05) is 5.69 Å². The Morgan fingerprint density at radius 2 is 1.91 bits per heavy atom. The van der Waals surface area contributed by atoms with Gasteiger partial charge in [-0.3, -0.25) is 4.79 Å². The number of benzene rings is 2. The molecular formula is C16H12N2O4. The lowest BCUT2D eigenvalue weighted by atomic mass is 10.2. The summed E-state index contributed by atoms with van der Waals surface area (Å²) in [7, 11) is 0. The third kappa shape index (κ3) is 4.08. The molecule has 2 aromatic carbocycles. The van der Waals surface area contributed by atoms with Crippen LogP contribution >= 0.6 is 0 Å². The zero-order chi connectivity index (χ0) is 15.9. The highest BCUT2D eigenvalue weighted by Crippen LogP contribution is 2.11. The maximum Gasteiger partial charge on any atom is 0.338 e. The Balaban J connectivity index is 1.88. The van der Waals surface area contributed by atoms with Crippen LogP contribution < -0.4 is 5.32 Å². The number of aromatic hydroxyl groups is 1. The molecule has 110 valence electrons. The molecule has 0 saturated carbocycles. The Labute approximate surface area is 126 Å². The molecule has 22 heavy (non-hydrogen) atoms. The van der Waals surface area contributed by atoms with Crippen molar-refractivity contribution in [2.24, 2.45) is 0 Å². The molecule has 0 fully saturated rings. The van der Waals surface area contributed by atoms with Crippen LogP contribution in [0.25, 0.3) is 0 Å². The first-order chi connectivity index (χ1) is 10.6. The quantitative estimate of drug-likeness (QED) is 0.841. The van der Waals surface area contributed by atoms with Gasteiger partial charge in [-0.1, -0.05) is 6.07 Å². The Morgan fingerprint density at radius 1 is 1.18 bits per heavy atom. The molecule has 0 atom stereocenters. The number of phenolic OH excluding ortho intramolecular Hbond substituents is 1. The van der Waals surface area contributed by atoms with E-state index in [0.29, 0.717) is 11.3 Å². The van der Waals surface area contributed by atoms with Crippen molar-refractivity contribution in [3.63, 3.8) is 0 Å². The number of ether oxygens (including phenoxy) is 1. The van der Waals surface area contributed by atoms with Crippen molar-refractivity contribution in [3.8, 4) is 11.8 Å². The third-order valence-electron chi connectivity index (χ3n) is 2.71. The van der Waals surface area contributed by atoms with Gasteiger partial charge in [0.05, 0.1) is 17.2 Å². The first kappa shape index (κ1) is 15.1. The summed E-state index contributed by atoms with van der Waals surface area (Å²) >= 11 is 0. The van der Waals surface area contributed by atoms with Crippen LogP contribution in [0.2, 0.25) is 0 Å². The lowest BCUT2D eigenvalue weighted by molar-refractivity contribution is -0.119. The average Bonchev–Trinajstić information content (AvgIpc) is 2.53. The second-order valence-corrected chi connectivity index (χ2v) is 4.36. The standard InChI is InChI=1S/C16H12N2O4/c17-9-11-2-1-3-13(8-11)18-15(20)10-22-16(21)12-4-6-14(19)7-5-12/h1-8,19H,10H2,(H,18,20). The number of anilines is 1. The van der Waals surface area contributed by atoms with Crippen LogP contribution in [0.5, 0.6) is 5.75 Å². The van der Waals surface area contributed by atoms with E-state index in [1.54, 1.807) is 18.2 Å². The summed E-state index contributed by atoms with van der Waals surface area (Å²) in [4.78, 5) is 23.4. The first-order valence-electron chi connectivity index (χ1n) is 6.34. The van der Waals surface area contributed by atoms with E-state index in [9.17, 15) is 9.59 Å². The second kappa shape index (κ2) is 6.90. The fourth-order valence-corrected chi connectivity index (χ4v) is 1.68. The molecule has 2 rings (SSSR count). The van der Waals surface area contributed by atoms with Gasteiger partial charge in [0.1, 0.15) is 5.75 Å². The van der Waals surface area contributed by atoms with E-state index < -0.39 is 18.5 Å². The highest BCUT2D eigenvalue weighted by molar-refractivity contribution is 5.95. The maximum atomic E-state index is 11.7. The minimum Gasteiger partial charge on any atom is -0.508 e. The predicted octanol–water partition coefficient (Wildman–Crippen LogP) is 2.06. The summed E-state index contributed by atoms with van der Waals surface area (Å²) in [5.74, 6) is -1.14. The number of hydrogen-bond donors (Lipinski definition) is 2. The highest BCUT2D eigenvalue weighted by atomic mass is 16.5. The van der Waals surface area contributed by atoms with Gasteiger partial charge >= 0.3 is 5.97 Å². The zero-order valence-corrected chi connectivity index (χ0v) is 11.4. The summed E-state index contributed by atoms with van der Waals surface area (Å²) in [5, 5.41) is 20.4. The van der Waals surface area contributed by atoms with E-state index >= 15 is 0 Å². The van der Waals surface area contributed by atoms with Gasteiger partial charge in [0.25, 0.3) is 5.91 Å². The zero-order valence-electron chi connectivity index (χ0n) is 11.4. The molecule has 0 aromatic heterocycles. The summed E-state index contributed by atoms with van der Waals surface area (Å²) in [5.41, 5.74) is 1.10. The lowest BCUT2D eigenvalue weighted by Crippen LogP contribution is -2.20. The number of phenols is 1. The predicted molar refractivity (Wildman–Crippen MR) is 78.2 cm³/mol. The minimum atomic E-state index is -0.666. The number of nitrogens with zero attached hydrogens (tertiary/aromatic N) is 1. The van der Waals surface area contributed by atoms with Gasteiger partial charge in [-0.05, 0) is 42.5 Å². The molecule has 6 nitrogen and oxygen atoms in total. The van der Waals surface area contributed by atoms with E-state index in [0.717, 1.165) is 0 Å². The molecule has 0 aliphatic rings.